The van der Waals surface area contributed by atoms with Crippen LogP contribution in [0, 0.1) is 0 Å². The highest BCUT2D eigenvalue weighted by Crippen LogP contribution is 2.01. The van der Waals surface area contributed by atoms with E-state index in [-0.39, 0.29) is 6.03 Å². The van der Waals surface area contributed by atoms with E-state index in [1.165, 1.54) is 4.90 Å². The number of nitrogens with zero attached hydrogens (tertiary/aromatic N) is 1. The van der Waals surface area contributed by atoms with Gasteiger partial charge in [-0.3, -0.25) is 0 Å². The molecule has 0 aromatic carbocycles. The molecule has 0 radical (unpaired) electrons. The topological polar surface area (TPSA) is 69.6 Å². The Bertz CT molecular complexity index is 204. The van der Waals surface area contributed by atoms with Gasteiger partial charge >= 0.3 is 12.0 Å². The molecular weight excluding hydrogens is 184 g/mol. The summed E-state index contributed by atoms with van der Waals surface area (Å²) in [6, 6.07) is -1.14. The maximum atomic E-state index is 11.2. The molecule has 0 heterocycles. The summed E-state index contributed by atoms with van der Waals surface area (Å²) in [6.07, 6.45) is 2.19. The summed E-state index contributed by atoms with van der Waals surface area (Å²) in [5.74, 6) is -0.978. The van der Waals surface area contributed by atoms with Gasteiger partial charge in [-0.25, -0.2) is 9.59 Å². The van der Waals surface area contributed by atoms with Crippen LogP contribution >= 0.6 is 0 Å². The lowest BCUT2D eigenvalue weighted by Crippen LogP contribution is -2.45. The van der Waals surface area contributed by atoms with Crippen LogP contribution < -0.4 is 5.32 Å². The van der Waals surface area contributed by atoms with Crippen LogP contribution in [0.1, 0.15) is 26.2 Å². The summed E-state index contributed by atoms with van der Waals surface area (Å²) < 4.78 is 0. The van der Waals surface area contributed by atoms with Crippen molar-refractivity contribution in [2.24, 2.45) is 0 Å². The van der Waals surface area contributed by atoms with Crippen LogP contribution in [0.4, 0.5) is 4.79 Å². The number of urea groups is 1. The van der Waals surface area contributed by atoms with Crippen LogP contribution in [-0.2, 0) is 4.79 Å². The number of aliphatic carboxylic acids is 1. The molecule has 0 rings (SSSR count). The van der Waals surface area contributed by atoms with Crippen molar-refractivity contribution in [3.8, 4) is 0 Å². The first-order valence-electron chi connectivity index (χ1n) is 4.69. The smallest absolute Gasteiger partial charge is 0.326 e. The van der Waals surface area contributed by atoms with Crippen molar-refractivity contribution < 1.29 is 14.7 Å². The third-order valence-corrected chi connectivity index (χ3v) is 1.85. The maximum Gasteiger partial charge on any atom is 0.326 e. The summed E-state index contributed by atoms with van der Waals surface area (Å²) in [5, 5.41) is 11.2. The molecule has 0 bridgehead atoms. The lowest BCUT2D eigenvalue weighted by molar-refractivity contribution is -0.139. The normalized spacial score (nSPS) is 11.9. The van der Waals surface area contributed by atoms with Crippen molar-refractivity contribution in [3.05, 3.63) is 0 Å². The number of carbonyl (C=O) groups is 2. The zero-order valence-electron chi connectivity index (χ0n) is 8.91. The number of amides is 2. The molecule has 0 aliphatic rings. The Morgan fingerprint density at radius 3 is 2.36 bits per heavy atom. The van der Waals surface area contributed by atoms with Gasteiger partial charge in [0.05, 0.1) is 0 Å². The number of nitrogens with one attached hydrogen (secondary N) is 1. The monoisotopic (exact) mass is 202 g/mol. The molecule has 1 atom stereocenters. The van der Waals surface area contributed by atoms with E-state index in [1.807, 2.05) is 6.92 Å². The molecule has 82 valence electrons. The second-order valence-electron chi connectivity index (χ2n) is 3.38. The summed E-state index contributed by atoms with van der Waals surface area (Å²) in [7, 11) is 3.15. The van der Waals surface area contributed by atoms with Crippen molar-refractivity contribution in [3.63, 3.8) is 0 Å². The van der Waals surface area contributed by atoms with Gasteiger partial charge in [-0.2, -0.15) is 0 Å². The first-order chi connectivity index (χ1) is 6.49. The van der Waals surface area contributed by atoms with Crippen LogP contribution in [0.25, 0.3) is 0 Å². The lowest BCUT2D eigenvalue weighted by atomic mass is 10.1. The number of unbranched alkanes of at least 4 members (excludes halogenated alkanes) is 1. The maximum absolute atomic E-state index is 11.2. The fourth-order valence-corrected chi connectivity index (χ4v) is 0.944. The molecule has 0 saturated carbocycles. The average Bonchev–Trinajstić information content (AvgIpc) is 2.10. The molecule has 0 aliphatic heterocycles. The molecular formula is C9H18N2O3. The molecule has 2 amide bonds. The number of hydrogen-bond donors (Lipinski definition) is 2. The standard InChI is InChI=1S/C9H18N2O3/c1-4-5-6-7(8(12)13)10-9(14)11(2)3/h7H,4-6H2,1-3H3,(H,10,14)(H,12,13)/t7-/m0/s1. The van der Waals surface area contributed by atoms with E-state index >= 15 is 0 Å². The van der Waals surface area contributed by atoms with E-state index in [0.717, 1.165) is 12.8 Å². The van der Waals surface area contributed by atoms with Gasteiger partial charge in [0.25, 0.3) is 0 Å². The average molecular weight is 202 g/mol. The fourth-order valence-electron chi connectivity index (χ4n) is 0.944. The molecule has 2 N–H and O–H groups in total. The van der Waals surface area contributed by atoms with E-state index < -0.39 is 12.0 Å². The van der Waals surface area contributed by atoms with Gasteiger partial charge in [0.2, 0.25) is 0 Å². The highest BCUT2D eigenvalue weighted by atomic mass is 16.4. The SMILES string of the molecule is CCCC[C@H](NC(=O)N(C)C)C(=O)O. The van der Waals surface area contributed by atoms with Crippen molar-refractivity contribution in [2.45, 2.75) is 32.2 Å². The summed E-state index contributed by atoms with van der Waals surface area (Å²) in [5.41, 5.74) is 0. The first kappa shape index (κ1) is 12.7. The van der Waals surface area contributed by atoms with Crippen molar-refractivity contribution >= 4 is 12.0 Å². The lowest BCUT2D eigenvalue weighted by Gasteiger charge is -2.17. The van der Waals surface area contributed by atoms with E-state index in [4.69, 9.17) is 5.11 Å². The molecule has 5 nitrogen and oxygen atoms in total. The van der Waals surface area contributed by atoms with Gasteiger partial charge in [0, 0.05) is 14.1 Å². The van der Waals surface area contributed by atoms with Gasteiger partial charge in [0.1, 0.15) is 6.04 Å². The predicted octanol–water partition coefficient (Wildman–Crippen LogP) is 0.901. The quantitative estimate of drug-likeness (QED) is 0.696. The second-order valence-corrected chi connectivity index (χ2v) is 3.38. The molecule has 0 saturated heterocycles. The van der Waals surface area contributed by atoms with E-state index in [9.17, 15) is 9.59 Å². The summed E-state index contributed by atoms with van der Waals surface area (Å²) in [4.78, 5) is 23.2. The van der Waals surface area contributed by atoms with Gasteiger partial charge in [0.15, 0.2) is 0 Å². The number of carboxylic acid groups (broad SMARTS) is 1. The molecule has 0 aromatic heterocycles. The Kier molecular flexibility index (Phi) is 5.67. The van der Waals surface area contributed by atoms with Crippen LogP contribution in [-0.4, -0.2) is 42.1 Å². The predicted molar refractivity (Wildman–Crippen MR) is 53.2 cm³/mol. The largest absolute Gasteiger partial charge is 0.480 e. The van der Waals surface area contributed by atoms with Crippen LogP contribution in [0.2, 0.25) is 0 Å². The van der Waals surface area contributed by atoms with Crippen LogP contribution in [0.5, 0.6) is 0 Å². The van der Waals surface area contributed by atoms with Gasteiger partial charge in [-0.05, 0) is 6.42 Å². The third-order valence-electron chi connectivity index (χ3n) is 1.85. The first-order valence-corrected chi connectivity index (χ1v) is 4.69. The number of rotatable bonds is 5. The Morgan fingerprint density at radius 1 is 1.43 bits per heavy atom. The summed E-state index contributed by atoms with van der Waals surface area (Å²) >= 11 is 0. The summed E-state index contributed by atoms with van der Waals surface area (Å²) in [6.45, 7) is 1.98. The zero-order chi connectivity index (χ0) is 11.1. The third kappa shape index (κ3) is 4.69. The van der Waals surface area contributed by atoms with Crippen LogP contribution in [0.15, 0.2) is 0 Å². The zero-order valence-corrected chi connectivity index (χ0v) is 8.91. The molecule has 0 unspecified atom stereocenters. The highest BCUT2D eigenvalue weighted by Gasteiger charge is 2.19. The molecule has 0 aromatic rings. The Labute approximate surface area is 84.1 Å². The minimum absolute atomic E-state index is 0.367. The Balaban J connectivity index is 4.09. The van der Waals surface area contributed by atoms with E-state index in [1.54, 1.807) is 14.1 Å². The molecule has 0 aliphatic carbocycles. The minimum atomic E-state index is -0.978. The van der Waals surface area contributed by atoms with E-state index in [0.29, 0.717) is 6.42 Å². The van der Waals surface area contributed by atoms with Gasteiger partial charge in [-0.15, -0.1) is 0 Å². The van der Waals surface area contributed by atoms with Crippen molar-refractivity contribution in [1.82, 2.24) is 10.2 Å². The minimum Gasteiger partial charge on any atom is -0.480 e. The Hall–Kier alpha value is -1.26. The Morgan fingerprint density at radius 2 is 2.00 bits per heavy atom. The van der Waals surface area contributed by atoms with Gasteiger partial charge < -0.3 is 15.3 Å². The van der Waals surface area contributed by atoms with Crippen molar-refractivity contribution in [2.75, 3.05) is 14.1 Å². The second kappa shape index (κ2) is 6.23. The number of hydrogen-bond acceptors (Lipinski definition) is 2. The molecule has 0 fully saturated rings. The number of carbonyl (C=O) groups excluding carboxylic acids is 1. The van der Waals surface area contributed by atoms with Gasteiger partial charge in [-0.1, -0.05) is 19.8 Å². The number of carboxylic acids is 1. The highest BCUT2D eigenvalue weighted by molar-refractivity contribution is 5.82. The molecule has 14 heavy (non-hydrogen) atoms. The van der Waals surface area contributed by atoms with Crippen molar-refractivity contribution in [1.29, 1.82) is 0 Å². The fraction of sp³-hybridized carbons (Fsp3) is 0.778. The molecule has 5 heteroatoms. The molecule has 0 spiro atoms. The van der Waals surface area contributed by atoms with Crippen LogP contribution in [0.3, 0.4) is 0 Å². The van der Waals surface area contributed by atoms with E-state index in [2.05, 4.69) is 5.32 Å².